The second-order valence-corrected chi connectivity index (χ2v) is 3.92. The lowest BCUT2D eigenvalue weighted by molar-refractivity contribution is 0.684. The molecule has 2 rings (SSSR count). The van der Waals surface area contributed by atoms with E-state index < -0.39 is 0 Å². The lowest BCUT2D eigenvalue weighted by atomic mass is 10.3. The van der Waals surface area contributed by atoms with Gasteiger partial charge in [0.1, 0.15) is 16.8 Å². The van der Waals surface area contributed by atoms with Crippen molar-refractivity contribution in [1.82, 2.24) is 19.5 Å². The molecule has 0 aliphatic carbocycles. The van der Waals surface area contributed by atoms with Crippen LogP contribution in [0.25, 0.3) is 11.4 Å². The fraction of sp³-hybridized carbons (Fsp3) is 0.300. The van der Waals surface area contributed by atoms with E-state index in [4.69, 9.17) is 0 Å². The molecule has 0 aliphatic heterocycles. The molecule has 0 saturated heterocycles. The van der Waals surface area contributed by atoms with Crippen molar-refractivity contribution in [1.29, 1.82) is 0 Å². The molecule has 0 bridgehead atoms. The lowest BCUT2D eigenvalue weighted by Crippen LogP contribution is -1.99. The maximum absolute atomic E-state index is 4.32. The number of halogens is 1. The van der Waals surface area contributed by atoms with Crippen LogP contribution in [0, 0.1) is 0 Å². The molecule has 0 aliphatic rings. The minimum Gasteiger partial charge on any atom is -0.331 e. The van der Waals surface area contributed by atoms with Crippen molar-refractivity contribution in [3.8, 4) is 11.4 Å². The molecule has 0 radical (unpaired) electrons. The molecule has 15 heavy (non-hydrogen) atoms. The van der Waals surface area contributed by atoms with Gasteiger partial charge < -0.3 is 4.57 Å². The van der Waals surface area contributed by atoms with Gasteiger partial charge in [-0.05, 0) is 22.4 Å². The molecule has 2 aromatic rings. The number of imidazole rings is 1. The van der Waals surface area contributed by atoms with E-state index >= 15 is 0 Å². The van der Waals surface area contributed by atoms with Crippen LogP contribution in [-0.4, -0.2) is 19.5 Å². The summed E-state index contributed by atoms with van der Waals surface area (Å²) in [6.07, 6.45) is 8.13. The van der Waals surface area contributed by atoms with Crippen molar-refractivity contribution in [3.63, 3.8) is 0 Å². The maximum atomic E-state index is 4.32. The highest BCUT2D eigenvalue weighted by molar-refractivity contribution is 9.10. The predicted octanol–water partition coefficient (Wildman–Crippen LogP) is 2.51. The molecule has 0 spiro atoms. The fourth-order valence-electron chi connectivity index (χ4n) is 1.44. The Kier molecular flexibility index (Phi) is 3.11. The zero-order valence-corrected chi connectivity index (χ0v) is 9.98. The summed E-state index contributed by atoms with van der Waals surface area (Å²) in [5.41, 5.74) is 0.927. The van der Waals surface area contributed by atoms with Crippen LogP contribution in [0.4, 0.5) is 0 Å². The van der Waals surface area contributed by atoms with Gasteiger partial charge in [-0.1, -0.05) is 6.92 Å². The molecule has 2 aromatic heterocycles. The molecule has 0 amide bonds. The average Bonchev–Trinajstić information content (AvgIpc) is 2.67. The van der Waals surface area contributed by atoms with E-state index in [0.717, 1.165) is 29.0 Å². The zero-order valence-electron chi connectivity index (χ0n) is 8.39. The first-order chi connectivity index (χ1) is 7.33. The highest BCUT2D eigenvalue weighted by Gasteiger charge is 2.09. The molecule has 0 fully saturated rings. The SMILES string of the molecule is CCCn1ccnc1-c1cncnc1Br. The summed E-state index contributed by atoms with van der Waals surface area (Å²) in [6.45, 7) is 3.09. The topological polar surface area (TPSA) is 43.6 Å². The summed E-state index contributed by atoms with van der Waals surface area (Å²) < 4.78 is 2.88. The molecule has 0 aromatic carbocycles. The molecule has 0 N–H and O–H groups in total. The number of hydrogen-bond acceptors (Lipinski definition) is 3. The molecule has 0 unspecified atom stereocenters. The third-order valence-corrected chi connectivity index (χ3v) is 2.72. The largest absolute Gasteiger partial charge is 0.331 e. The second-order valence-electron chi connectivity index (χ2n) is 3.17. The lowest BCUT2D eigenvalue weighted by Gasteiger charge is -2.06. The zero-order chi connectivity index (χ0) is 10.7. The first-order valence-electron chi connectivity index (χ1n) is 4.80. The van der Waals surface area contributed by atoms with Crippen molar-refractivity contribution in [2.24, 2.45) is 0 Å². The molecule has 0 saturated carbocycles. The van der Waals surface area contributed by atoms with Crippen LogP contribution in [0.2, 0.25) is 0 Å². The molecule has 0 atom stereocenters. The minimum absolute atomic E-state index is 0.779. The molecule has 4 nitrogen and oxygen atoms in total. The van der Waals surface area contributed by atoms with Crippen molar-refractivity contribution < 1.29 is 0 Å². The Morgan fingerprint density at radius 2 is 2.27 bits per heavy atom. The van der Waals surface area contributed by atoms with Crippen molar-refractivity contribution in [2.75, 3.05) is 0 Å². The van der Waals surface area contributed by atoms with E-state index in [0.29, 0.717) is 0 Å². The van der Waals surface area contributed by atoms with Crippen LogP contribution in [0.5, 0.6) is 0 Å². The van der Waals surface area contributed by atoms with Gasteiger partial charge in [-0.2, -0.15) is 0 Å². The van der Waals surface area contributed by atoms with E-state index in [1.54, 1.807) is 12.4 Å². The number of hydrogen-bond donors (Lipinski definition) is 0. The van der Waals surface area contributed by atoms with Gasteiger partial charge in [-0.15, -0.1) is 0 Å². The van der Waals surface area contributed by atoms with Gasteiger partial charge in [0.15, 0.2) is 0 Å². The Morgan fingerprint density at radius 1 is 1.40 bits per heavy atom. The van der Waals surface area contributed by atoms with Crippen LogP contribution in [0.3, 0.4) is 0 Å². The monoisotopic (exact) mass is 266 g/mol. The number of aryl methyl sites for hydroxylation is 1. The number of rotatable bonds is 3. The van der Waals surface area contributed by atoms with Gasteiger partial charge in [0.05, 0.1) is 5.56 Å². The summed E-state index contributed by atoms with van der Waals surface area (Å²) in [5.74, 6) is 0.907. The number of nitrogens with zero attached hydrogens (tertiary/aromatic N) is 4. The average molecular weight is 267 g/mol. The Bertz CT molecular complexity index is 452. The van der Waals surface area contributed by atoms with Gasteiger partial charge in [0.2, 0.25) is 0 Å². The summed E-state index contributed by atoms with van der Waals surface area (Å²) in [5, 5.41) is 0. The van der Waals surface area contributed by atoms with E-state index in [2.05, 4.69) is 42.4 Å². The normalized spacial score (nSPS) is 10.5. The summed E-state index contributed by atoms with van der Waals surface area (Å²) in [6, 6.07) is 0. The van der Waals surface area contributed by atoms with Gasteiger partial charge in [-0.25, -0.2) is 15.0 Å². The third kappa shape index (κ3) is 2.07. The molecular weight excluding hydrogens is 256 g/mol. The van der Waals surface area contributed by atoms with Crippen LogP contribution in [-0.2, 0) is 6.54 Å². The highest BCUT2D eigenvalue weighted by Crippen LogP contribution is 2.23. The smallest absolute Gasteiger partial charge is 0.144 e. The summed E-state index contributed by atoms with van der Waals surface area (Å²) in [4.78, 5) is 12.4. The predicted molar refractivity (Wildman–Crippen MR) is 61.2 cm³/mol. The molecule has 5 heteroatoms. The van der Waals surface area contributed by atoms with Gasteiger partial charge in [0, 0.05) is 25.1 Å². The second kappa shape index (κ2) is 4.53. The summed E-state index contributed by atoms with van der Waals surface area (Å²) in [7, 11) is 0. The molecule has 2 heterocycles. The van der Waals surface area contributed by atoms with Crippen molar-refractivity contribution in [2.45, 2.75) is 19.9 Å². The van der Waals surface area contributed by atoms with Gasteiger partial charge >= 0.3 is 0 Å². The van der Waals surface area contributed by atoms with Gasteiger partial charge in [0.25, 0.3) is 0 Å². The first-order valence-corrected chi connectivity index (χ1v) is 5.59. The molecular formula is C10H11BrN4. The minimum atomic E-state index is 0.779. The fourth-order valence-corrected chi connectivity index (χ4v) is 1.81. The quantitative estimate of drug-likeness (QED) is 0.802. The summed E-state index contributed by atoms with van der Waals surface area (Å²) >= 11 is 3.40. The first kappa shape index (κ1) is 10.3. The Hall–Kier alpha value is -1.23. The van der Waals surface area contributed by atoms with Crippen molar-refractivity contribution >= 4 is 15.9 Å². The van der Waals surface area contributed by atoms with Crippen LogP contribution < -0.4 is 0 Å². The van der Waals surface area contributed by atoms with Crippen molar-refractivity contribution in [3.05, 3.63) is 29.5 Å². The third-order valence-electron chi connectivity index (χ3n) is 2.08. The Balaban J connectivity index is 2.45. The van der Waals surface area contributed by atoms with E-state index in [1.807, 2.05) is 6.20 Å². The van der Waals surface area contributed by atoms with Crippen LogP contribution in [0.1, 0.15) is 13.3 Å². The maximum Gasteiger partial charge on any atom is 0.144 e. The standard InChI is InChI=1S/C10H11BrN4/c1-2-4-15-5-3-13-10(15)8-6-12-7-14-9(8)11/h3,5-7H,2,4H2,1H3. The highest BCUT2D eigenvalue weighted by atomic mass is 79.9. The Morgan fingerprint density at radius 3 is 3.00 bits per heavy atom. The van der Waals surface area contributed by atoms with E-state index in [-0.39, 0.29) is 0 Å². The molecule has 78 valence electrons. The van der Waals surface area contributed by atoms with E-state index in [1.165, 1.54) is 6.33 Å². The van der Waals surface area contributed by atoms with Crippen LogP contribution >= 0.6 is 15.9 Å². The van der Waals surface area contributed by atoms with E-state index in [9.17, 15) is 0 Å². The number of aromatic nitrogens is 4. The Labute approximate surface area is 96.5 Å². The van der Waals surface area contributed by atoms with Crippen LogP contribution in [0.15, 0.2) is 29.5 Å². The van der Waals surface area contributed by atoms with Gasteiger partial charge in [-0.3, -0.25) is 0 Å².